The Morgan fingerprint density at radius 2 is 2.31 bits per heavy atom. The molecule has 4 nitrogen and oxygen atoms in total. The number of nitrogens with zero attached hydrogens (tertiary/aromatic N) is 3. The zero-order valence-electron chi connectivity index (χ0n) is 7.60. The molecule has 1 unspecified atom stereocenters. The molecule has 0 aliphatic rings. The lowest BCUT2D eigenvalue weighted by Gasteiger charge is -2.02. The third-order valence-corrected chi connectivity index (χ3v) is 2.04. The van der Waals surface area contributed by atoms with E-state index in [9.17, 15) is 5.11 Å². The number of imidazole rings is 1. The fraction of sp³-hybridized carbons (Fsp3) is 0.333. The Kier molecular flexibility index (Phi) is 1.77. The maximum atomic E-state index is 9.39. The Bertz CT molecular complexity index is 433. The molecule has 4 heteroatoms. The lowest BCUT2D eigenvalue weighted by Crippen LogP contribution is -2.02. The number of hydrogen-bond donors (Lipinski definition) is 1. The molecule has 1 atom stereocenters. The molecule has 0 radical (unpaired) electrons. The van der Waals surface area contributed by atoms with Crippen LogP contribution in [0.4, 0.5) is 0 Å². The second-order valence-corrected chi connectivity index (χ2v) is 3.05. The van der Waals surface area contributed by atoms with Crippen molar-refractivity contribution in [2.75, 3.05) is 0 Å². The maximum Gasteiger partial charge on any atom is 0.159 e. The van der Waals surface area contributed by atoms with E-state index in [2.05, 4.69) is 9.97 Å². The average molecular weight is 177 g/mol. The Morgan fingerprint density at radius 1 is 1.54 bits per heavy atom. The maximum absolute atomic E-state index is 9.39. The zero-order valence-corrected chi connectivity index (χ0v) is 7.60. The number of hydrogen-bond acceptors (Lipinski definition) is 3. The van der Waals surface area contributed by atoms with Crippen molar-refractivity contribution in [1.82, 2.24) is 14.5 Å². The minimum Gasteiger partial charge on any atom is -0.385 e. The Labute approximate surface area is 75.9 Å². The van der Waals surface area contributed by atoms with Crippen molar-refractivity contribution >= 4 is 11.2 Å². The fourth-order valence-corrected chi connectivity index (χ4v) is 1.41. The molecule has 0 saturated carbocycles. The number of aromatic nitrogens is 3. The van der Waals surface area contributed by atoms with Gasteiger partial charge in [-0.25, -0.2) is 9.97 Å². The van der Waals surface area contributed by atoms with Gasteiger partial charge in [-0.3, -0.25) is 0 Å². The SMILES string of the molecule is CC(O)c1nc2cccnc2n1C. The van der Waals surface area contributed by atoms with Crippen molar-refractivity contribution in [3.05, 3.63) is 24.2 Å². The zero-order chi connectivity index (χ0) is 9.42. The first kappa shape index (κ1) is 8.19. The molecule has 0 aliphatic carbocycles. The largest absolute Gasteiger partial charge is 0.385 e. The van der Waals surface area contributed by atoms with Crippen LogP contribution < -0.4 is 0 Å². The molecule has 0 saturated heterocycles. The van der Waals surface area contributed by atoms with Crippen molar-refractivity contribution in [1.29, 1.82) is 0 Å². The second-order valence-electron chi connectivity index (χ2n) is 3.05. The van der Waals surface area contributed by atoms with Crippen LogP contribution in [0.25, 0.3) is 11.2 Å². The van der Waals surface area contributed by atoms with E-state index in [1.54, 1.807) is 17.7 Å². The van der Waals surface area contributed by atoms with Crippen LogP contribution in [0.2, 0.25) is 0 Å². The van der Waals surface area contributed by atoms with Crippen LogP contribution in [0, 0.1) is 0 Å². The Morgan fingerprint density at radius 3 is 2.92 bits per heavy atom. The first-order valence-corrected chi connectivity index (χ1v) is 4.15. The van der Waals surface area contributed by atoms with Gasteiger partial charge in [0.1, 0.15) is 17.4 Å². The molecule has 68 valence electrons. The molecular formula is C9H11N3O. The molecule has 0 amide bonds. The third-order valence-electron chi connectivity index (χ3n) is 2.04. The summed E-state index contributed by atoms with van der Waals surface area (Å²) < 4.78 is 1.81. The summed E-state index contributed by atoms with van der Waals surface area (Å²) in [6, 6.07) is 3.72. The minimum absolute atomic E-state index is 0.556. The van der Waals surface area contributed by atoms with Crippen LogP contribution in [0.1, 0.15) is 18.9 Å². The number of rotatable bonds is 1. The quantitative estimate of drug-likeness (QED) is 0.707. The standard InChI is InChI=1S/C9H11N3O/c1-6(13)8-11-7-4-3-5-10-9(7)12(8)2/h3-6,13H,1-2H3. The predicted molar refractivity (Wildman–Crippen MR) is 49.1 cm³/mol. The van der Waals surface area contributed by atoms with E-state index in [1.807, 2.05) is 19.2 Å². The minimum atomic E-state index is -0.556. The molecule has 2 aromatic heterocycles. The summed E-state index contributed by atoms with van der Waals surface area (Å²) in [6.45, 7) is 1.70. The van der Waals surface area contributed by atoms with Crippen molar-refractivity contribution in [2.24, 2.45) is 7.05 Å². The van der Waals surface area contributed by atoms with Crippen molar-refractivity contribution in [2.45, 2.75) is 13.0 Å². The van der Waals surface area contributed by atoms with Gasteiger partial charge < -0.3 is 9.67 Å². The Hall–Kier alpha value is -1.42. The summed E-state index contributed by atoms with van der Waals surface area (Å²) in [7, 11) is 1.85. The molecule has 0 fully saturated rings. The topological polar surface area (TPSA) is 50.9 Å². The van der Waals surface area contributed by atoms with Gasteiger partial charge in [0.2, 0.25) is 0 Å². The predicted octanol–water partition coefficient (Wildman–Crippen LogP) is 1.02. The van der Waals surface area contributed by atoms with Crippen molar-refractivity contribution in [3.8, 4) is 0 Å². The number of aliphatic hydroxyl groups excluding tert-OH is 1. The molecule has 13 heavy (non-hydrogen) atoms. The van der Waals surface area contributed by atoms with Crippen LogP contribution in [-0.2, 0) is 7.05 Å². The van der Waals surface area contributed by atoms with Gasteiger partial charge in [0, 0.05) is 13.2 Å². The summed E-state index contributed by atoms with van der Waals surface area (Å²) in [6.07, 6.45) is 1.16. The van der Waals surface area contributed by atoms with Gasteiger partial charge in [-0.1, -0.05) is 0 Å². The highest BCUT2D eigenvalue weighted by Crippen LogP contribution is 2.16. The molecule has 0 bridgehead atoms. The van der Waals surface area contributed by atoms with Gasteiger partial charge in [0.15, 0.2) is 5.65 Å². The van der Waals surface area contributed by atoms with E-state index in [0.29, 0.717) is 5.82 Å². The highest BCUT2D eigenvalue weighted by atomic mass is 16.3. The van der Waals surface area contributed by atoms with Gasteiger partial charge in [-0.15, -0.1) is 0 Å². The van der Waals surface area contributed by atoms with Gasteiger partial charge >= 0.3 is 0 Å². The number of aryl methyl sites for hydroxylation is 1. The van der Waals surface area contributed by atoms with E-state index in [0.717, 1.165) is 11.2 Å². The molecule has 2 aromatic rings. The highest BCUT2D eigenvalue weighted by molar-refractivity contribution is 5.71. The number of aliphatic hydroxyl groups is 1. The van der Waals surface area contributed by atoms with Crippen LogP contribution in [0.15, 0.2) is 18.3 Å². The fourth-order valence-electron chi connectivity index (χ4n) is 1.41. The number of fused-ring (bicyclic) bond motifs is 1. The summed E-state index contributed by atoms with van der Waals surface area (Å²) in [4.78, 5) is 8.44. The van der Waals surface area contributed by atoms with E-state index >= 15 is 0 Å². The first-order chi connectivity index (χ1) is 6.20. The monoisotopic (exact) mass is 177 g/mol. The molecule has 2 heterocycles. The van der Waals surface area contributed by atoms with Gasteiger partial charge in [-0.2, -0.15) is 0 Å². The average Bonchev–Trinajstić information content (AvgIpc) is 2.45. The van der Waals surface area contributed by atoms with Crippen molar-refractivity contribution < 1.29 is 5.11 Å². The third kappa shape index (κ3) is 1.19. The summed E-state index contributed by atoms with van der Waals surface area (Å²) >= 11 is 0. The lowest BCUT2D eigenvalue weighted by molar-refractivity contribution is 0.186. The van der Waals surface area contributed by atoms with Gasteiger partial charge in [0.05, 0.1) is 0 Å². The van der Waals surface area contributed by atoms with E-state index in [4.69, 9.17) is 0 Å². The normalized spacial score (nSPS) is 13.5. The number of pyridine rings is 1. The van der Waals surface area contributed by atoms with Crippen LogP contribution in [0.5, 0.6) is 0 Å². The molecule has 0 aromatic carbocycles. The van der Waals surface area contributed by atoms with Gasteiger partial charge in [-0.05, 0) is 19.1 Å². The molecule has 0 spiro atoms. The van der Waals surface area contributed by atoms with E-state index < -0.39 is 6.10 Å². The van der Waals surface area contributed by atoms with Crippen molar-refractivity contribution in [3.63, 3.8) is 0 Å². The van der Waals surface area contributed by atoms with E-state index in [-0.39, 0.29) is 0 Å². The summed E-state index contributed by atoms with van der Waals surface area (Å²) in [5.41, 5.74) is 1.62. The summed E-state index contributed by atoms with van der Waals surface area (Å²) in [5.74, 6) is 0.647. The first-order valence-electron chi connectivity index (χ1n) is 4.15. The van der Waals surface area contributed by atoms with Crippen LogP contribution in [-0.4, -0.2) is 19.6 Å². The Balaban J connectivity index is 2.74. The van der Waals surface area contributed by atoms with Crippen LogP contribution in [0.3, 0.4) is 0 Å². The highest BCUT2D eigenvalue weighted by Gasteiger charge is 2.11. The second kappa shape index (κ2) is 2.81. The van der Waals surface area contributed by atoms with Crippen LogP contribution >= 0.6 is 0 Å². The molecule has 2 rings (SSSR count). The smallest absolute Gasteiger partial charge is 0.159 e. The van der Waals surface area contributed by atoms with E-state index in [1.165, 1.54) is 0 Å². The summed E-state index contributed by atoms with van der Waals surface area (Å²) in [5, 5.41) is 9.39. The molecular weight excluding hydrogens is 166 g/mol. The lowest BCUT2D eigenvalue weighted by atomic mass is 10.4. The molecule has 0 aliphatic heterocycles. The van der Waals surface area contributed by atoms with Gasteiger partial charge in [0.25, 0.3) is 0 Å². The molecule has 1 N–H and O–H groups in total.